The number of hydrogen-bond acceptors (Lipinski definition) is 3. The maximum atomic E-state index is 9.06. The second-order valence-electron chi connectivity index (χ2n) is 13.2. The molecule has 0 N–H and O–H groups in total. The molecule has 0 saturated heterocycles. The number of imidazole rings is 1. The van der Waals surface area contributed by atoms with Gasteiger partial charge in [0.05, 0.1) is 22.5 Å². The van der Waals surface area contributed by atoms with Gasteiger partial charge in [-0.05, 0) is 53.3 Å². The maximum absolute atomic E-state index is 9.06. The summed E-state index contributed by atoms with van der Waals surface area (Å²) in [4.78, 5) is 9.37. The molecular formula is C52H37IrN3S-2. The molecule has 10 aromatic rings. The first-order valence-corrected chi connectivity index (χ1v) is 19.1. The van der Waals surface area contributed by atoms with E-state index in [1.54, 1.807) is 18.2 Å². The Hall–Kier alpha value is -6.23. The largest absolute Gasteiger partial charge is 0.332 e. The number of aryl methyl sites for hydroxylation is 1. The van der Waals surface area contributed by atoms with E-state index in [9.17, 15) is 0 Å². The number of thiophene rings is 1. The molecule has 5 heteroatoms. The van der Waals surface area contributed by atoms with Crippen LogP contribution in [0.1, 0.15) is 23.5 Å². The predicted molar refractivity (Wildman–Crippen MR) is 234 cm³/mol. The van der Waals surface area contributed by atoms with Crippen LogP contribution in [0.15, 0.2) is 194 Å². The van der Waals surface area contributed by atoms with Crippen LogP contribution in [0.3, 0.4) is 0 Å². The smallest absolute Gasteiger partial charge is 0.0774 e. The number of fused-ring (bicyclic) bond motifs is 2. The Morgan fingerprint density at radius 2 is 1.35 bits per heavy atom. The molecule has 0 fully saturated rings. The SMILES string of the molecule is [2H]C([2H])([2H])c1ccc(-c2[c-]cccc2)nc1.[2H]C([2H])(c1ccccc1)c1ccc2s[c-]c(-c3nc4ccccc4n3-c3c(-c4ccccc4)cccc3-c3ccccc3)c2c1.[Ir]. The van der Waals surface area contributed by atoms with Crippen molar-refractivity contribution in [1.29, 1.82) is 0 Å². The van der Waals surface area contributed by atoms with Gasteiger partial charge in [0, 0.05) is 44.3 Å². The number of benzene rings is 7. The third-order valence-electron chi connectivity index (χ3n) is 9.54. The molecule has 0 aliphatic heterocycles. The van der Waals surface area contributed by atoms with E-state index in [1.807, 2.05) is 84.9 Å². The second-order valence-corrected chi connectivity index (χ2v) is 14.0. The minimum absolute atomic E-state index is 0. The standard InChI is InChI=1S/C40H27N2S.C12H10N.Ir/c1-4-13-28(14-5-1)25-29-23-24-38-34(26-29)35(27-43-38)40-41-36-21-10-11-22-37(36)42(40)39-32(30-15-6-2-7-16-30)19-12-20-33(39)31-17-8-3-9-18-31;1-10-7-8-12(13-9-10)11-5-3-2-4-6-11;/h1-24,26H,25H2;2-5,7-9H,1H3;/q2*-1;/i25D2;1D3;. The van der Waals surface area contributed by atoms with Crippen LogP contribution >= 0.6 is 11.3 Å². The summed E-state index contributed by atoms with van der Waals surface area (Å²) >= 11 is 1.54. The van der Waals surface area contributed by atoms with E-state index in [1.165, 1.54) is 17.5 Å². The van der Waals surface area contributed by atoms with Crippen LogP contribution < -0.4 is 0 Å². The Balaban J connectivity index is 0.000000263. The van der Waals surface area contributed by atoms with Gasteiger partial charge in [-0.15, -0.1) is 47.3 Å². The summed E-state index contributed by atoms with van der Waals surface area (Å²) in [5.41, 5.74) is 11.3. The third-order valence-corrected chi connectivity index (χ3v) is 10.4. The van der Waals surface area contributed by atoms with Gasteiger partial charge in [-0.2, -0.15) is 0 Å². The van der Waals surface area contributed by atoms with Gasteiger partial charge in [0.2, 0.25) is 0 Å². The fourth-order valence-electron chi connectivity index (χ4n) is 6.92. The molecule has 0 saturated carbocycles. The topological polar surface area (TPSA) is 30.7 Å². The van der Waals surface area contributed by atoms with Gasteiger partial charge in [0.25, 0.3) is 0 Å². The molecule has 0 unspecified atom stereocenters. The molecule has 0 aliphatic carbocycles. The predicted octanol–water partition coefficient (Wildman–Crippen LogP) is 13.5. The molecule has 57 heavy (non-hydrogen) atoms. The minimum atomic E-state index is -2.09. The van der Waals surface area contributed by atoms with Gasteiger partial charge < -0.3 is 9.55 Å². The molecule has 0 aliphatic rings. The van der Waals surface area contributed by atoms with Gasteiger partial charge in [-0.25, -0.2) is 0 Å². The van der Waals surface area contributed by atoms with Crippen molar-refractivity contribution in [2.75, 3.05) is 0 Å². The Morgan fingerprint density at radius 3 is 2.02 bits per heavy atom. The van der Waals surface area contributed by atoms with Crippen molar-refractivity contribution in [2.45, 2.75) is 13.2 Å². The first-order chi connectivity index (χ1) is 29.7. The number of aromatic nitrogens is 3. The Labute approximate surface area is 358 Å². The van der Waals surface area contributed by atoms with Crippen LogP contribution in [0.2, 0.25) is 0 Å². The summed E-state index contributed by atoms with van der Waals surface area (Å²) in [6.45, 7) is -2.09. The van der Waals surface area contributed by atoms with Crippen molar-refractivity contribution < 1.29 is 27.0 Å². The van der Waals surface area contributed by atoms with E-state index < -0.39 is 13.2 Å². The average molecular weight is 933 g/mol. The molecule has 277 valence electrons. The Bertz CT molecular complexity index is 3020. The van der Waals surface area contributed by atoms with Crippen LogP contribution in [0.5, 0.6) is 0 Å². The summed E-state index contributed by atoms with van der Waals surface area (Å²) in [6.07, 6.45) is -0.266. The maximum Gasteiger partial charge on any atom is 0.0774 e. The number of rotatable bonds is 7. The van der Waals surface area contributed by atoms with Crippen molar-refractivity contribution in [3.8, 4) is 50.6 Å². The summed E-state index contributed by atoms with van der Waals surface area (Å²) in [7, 11) is 0. The van der Waals surface area contributed by atoms with Crippen LogP contribution in [-0.2, 0) is 26.5 Å². The van der Waals surface area contributed by atoms with E-state index in [0.717, 1.165) is 71.7 Å². The summed E-state index contributed by atoms with van der Waals surface area (Å²) in [5, 5.41) is 4.51. The first kappa shape index (κ1) is 31.9. The van der Waals surface area contributed by atoms with Gasteiger partial charge in [0.1, 0.15) is 0 Å². The molecule has 0 atom stereocenters. The molecule has 3 aromatic heterocycles. The van der Waals surface area contributed by atoms with Crippen LogP contribution in [-0.4, -0.2) is 14.5 Å². The monoisotopic (exact) mass is 933 g/mol. The summed E-state index contributed by atoms with van der Waals surface area (Å²) in [5.74, 6) is 0.778. The quantitative estimate of drug-likeness (QED) is 0.149. The van der Waals surface area contributed by atoms with E-state index in [4.69, 9.17) is 11.8 Å². The number of nitrogens with zero attached hydrogens (tertiary/aromatic N) is 3. The van der Waals surface area contributed by atoms with E-state index >= 15 is 0 Å². The zero-order valence-electron chi connectivity index (χ0n) is 35.6. The van der Waals surface area contributed by atoms with Gasteiger partial charge in [-0.1, -0.05) is 167 Å². The fourth-order valence-corrected chi connectivity index (χ4v) is 7.74. The molecule has 0 spiro atoms. The molecule has 0 amide bonds. The molecular weight excluding hydrogens is 891 g/mol. The average Bonchev–Trinajstić information content (AvgIpc) is 3.91. The van der Waals surface area contributed by atoms with Gasteiger partial charge in [0.15, 0.2) is 0 Å². The first-order valence-electron chi connectivity index (χ1n) is 20.8. The van der Waals surface area contributed by atoms with Crippen molar-refractivity contribution >= 4 is 32.5 Å². The van der Waals surface area contributed by atoms with Crippen LogP contribution in [0.25, 0.3) is 71.7 Å². The number of pyridine rings is 1. The van der Waals surface area contributed by atoms with E-state index in [0.29, 0.717) is 11.1 Å². The molecule has 7 aromatic carbocycles. The van der Waals surface area contributed by atoms with Gasteiger partial charge >= 0.3 is 0 Å². The number of para-hydroxylation sites is 3. The van der Waals surface area contributed by atoms with Crippen molar-refractivity contribution in [3.63, 3.8) is 0 Å². The molecule has 3 heterocycles. The van der Waals surface area contributed by atoms with Crippen LogP contribution in [0, 0.1) is 18.3 Å². The third kappa shape index (κ3) is 8.05. The fraction of sp³-hybridized carbons (Fsp3) is 0.0385. The second kappa shape index (κ2) is 17.3. The van der Waals surface area contributed by atoms with Crippen LogP contribution in [0.4, 0.5) is 0 Å². The molecule has 0 bridgehead atoms. The Morgan fingerprint density at radius 1 is 0.667 bits per heavy atom. The summed E-state index contributed by atoms with van der Waals surface area (Å²) in [6, 6.07) is 64.7. The molecule has 3 nitrogen and oxygen atoms in total. The van der Waals surface area contributed by atoms with Gasteiger partial charge in [-0.3, -0.25) is 16.3 Å². The molecule has 1 radical (unpaired) electrons. The van der Waals surface area contributed by atoms with E-state index in [2.05, 4.69) is 106 Å². The number of hydrogen-bond donors (Lipinski definition) is 0. The Kier molecular flexibility index (Phi) is 9.68. The normalized spacial score (nSPS) is 12.6. The minimum Gasteiger partial charge on any atom is -0.332 e. The molecule has 10 rings (SSSR count). The zero-order valence-corrected chi connectivity index (χ0v) is 33.8. The zero-order chi connectivity index (χ0) is 42.0. The van der Waals surface area contributed by atoms with Crippen molar-refractivity contribution in [3.05, 3.63) is 222 Å². The summed E-state index contributed by atoms with van der Waals surface area (Å²) < 4.78 is 43.1. The van der Waals surface area contributed by atoms with Crippen molar-refractivity contribution in [2.24, 2.45) is 0 Å². The van der Waals surface area contributed by atoms with Crippen molar-refractivity contribution in [1.82, 2.24) is 14.5 Å². The van der Waals surface area contributed by atoms with E-state index in [-0.39, 0.29) is 25.7 Å².